The van der Waals surface area contributed by atoms with Crippen molar-refractivity contribution in [3.63, 3.8) is 0 Å². The number of fused-ring (bicyclic) bond motifs is 3. The second-order valence-corrected chi connectivity index (χ2v) is 12.4. The van der Waals surface area contributed by atoms with E-state index in [0.29, 0.717) is 35.5 Å². The van der Waals surface area contributed by atoms with Crippen molar-refractivity contribution in [3.05, 3.63) is 69.7 Å². The summed E-state index contributed by atoms with van der Waals surface area (Å²) in [5.41, 5.74) is 2.79. The summed E-state index contributed by atoms with van der Waals surface area (Å²) < 4.78 is 22.6. The minimum absolute atomic E-state index is 0.0117. The van der Waals surface area contributed by atoms with E-state index in [-0.39, 0.29) is 33.9 Å². The molecular weight excluding hydrogens is 553 g/mol. The minimum atomic E-state index is -0.545. The number of nitrogens with one attached hydrogen (secondary N) is 1. The van der Waals surface area contributed by atoms with Crippen molar-refractivity contribution in [1.82, 2.24) is 20.2 Å². The van der Waals surface area contributed by atoms with Crippen LogP contribution in [0.4, 0.5) is 10.2 Å². The van der Waals surface area contributed by atoms with Crippen molar-refractivity contribution in [1.29, 1.82) is 0 Å². The summed E-state index contributed by atoms with van der Waals surface area (Å²) in [5, 5.41) is 15.2. The van der Waals surface area contributed by atoms with Crippen LogP contribution in [0.5, 0.6) is 6.01 Å². The Morgan fingerprint density at radius 2 is 1.93 bits per heavy atom. The number of aromatic nitrogens is 2. The highest BCUT2D eigenvalue weighted by atomic mass is 35.5. The zero-order chi connectivity index (χ0) is 29.4. The second-order valence-electron chi connectivity index (χ2n) is 12.0. The van der Waals surface area contributed by atoms with Gasteiger partial charge in [-0.15, -0.1) is 0 Å². The van der Waals surface area contributed by atoms with Crippen LogP contribution in [0.3, 0.4) is 0 Å². The number of likely N-dealkylation sites (N-methyl/N-ethyl adjacent to an activating group) is 1. The molecule has 3 atom stereocenters. The third kappa shape index (κ3) is 5.98. The molecule has 1 aromatic heterocycles. The van der Waals surface area contributed by atoms with Crippen LogP contribution in [-0.4, -0.2) is 71.4 Å². The molecule has 3 aliphatic heterocycles. The second kappa shape index (κ2) is 12.2. The lowest BCUT2D eigenvalue weighted by Gasteiger charge is -2.34. The zero-order valence-corrected chi connectivity index (χ0v) is 25.3. The first-order valence-corrected chi connectivity index (χ1v) is 15.3. The number of anilines is 1. The van der Waals surface area contributed by atoms with Gasteiger partial charge in [-0.1, -0.05) is 42.3 Å². The van der Waals surface area contributed by atoms with Crippen LogP contribution < -0.4 is 15.0 Å². The molecule has 2 N–H and O–H groups in total. The lowest BCUT2D eigenvalue weighted by Crippen LogP contribution is -2.51. The average Bonchev–Trinajstić information content (AvgIpc) is 3.30. The van der Waals surface area contributed by atoms with Crippen LogP contribution in [0, 0.1) is 12.7 Å². The number of ether oxygens (including phenoxy) is 1. The van der Waals surface area contributed by atoms with E-state index in [9.17, 15) is 5.11 Å². The Kier molecular flexibility index (Phi) is 8.39. The van der Waals surface area contributed by atoms with Crippen molar-refractivity contribution in [3.8, 4) is 6.01 Å². The van der Waals surface area contributed by atoms with Gasteiger partial charge >= 0.3 is 6.01 Å². The Bertz CT molecular complexity index is 1530. The summed E-state index contributed by atoms with van der Waals surface area (Å²) in [4.78, 5) is 14.0. The predicted molar refractivity (Wildman–Crippen MR) is 168 cm³/mol. The Balaban J connectivity index is 1.39. The number of allylic oxidation sites excluding steroid dienone is 2. The molecule has 2 bridgehead atoms. The topological polar surface area (TPSA) is 73.8 Å². The molecule has 0 radical (unpaired) electrons. The Hall–Kier alpha value is -3.20. The molecule has 3 aliphatic rings. The molecule has 2 aromatic carbocycles. The van der Waals surface area contributed by atoms with Crippen molar-refractivity contribution >= 4 is 40.0 Å². The quantitative estimate of drug-likeness (QED) is 0.239. The largest absolute Gasteiger partial charge is 0.508 e. The molecule has 222 valence electrons. The van der Waals surface area contributed by atoms with E-state index >= 15 is 4.39 Å². The van der Waals surface area contributed by atoms with E-state index < -0.39 is 5.82 Å². The molecule has 0 saturated carbocycles. The number of nitrogens with zero attached hydrogens (tertiary/aromatic N) is 4. The minimum Gasteiger partial charge on any atom is -0.508 e. The molecule has 3 saturated heterocycles. The van der Waals surface area contributed by atoms with Gasteiger partial charge in [0.05, 0.1) is 5.02 Å². The highest BCUT2D eigenvalue weighted by molar-refractivity contribution is 6.33. The monoisotopic (exact) mass is 591 g/mol. The van der Waals surface area contributed by atoms with Gasteiger partial charge in [-0.2, -0.15) is 9.97 Å². The molecule has 9 heteroatoms. The lowest BCUT2D eigenvalue weighted by molar-refractivity contribution is 0.120. The average molecular weight is 592 g/mol. The summed E-state index contributed by atoms with van der Waals surface area (Å²) in [7, 11) is 2.11. The van der Waals surface area contributed by atoms with Gasteiger partial charge in [0.2, 0.25) is 0 Å². The summed E-state index contributed by atoms with van der Waals surface area (Å²) in [5.74, 6) is 0.121. The van der Waals surface area contributed by atoms with Gasteiger partial charge in [-0.05, 0) is 88.0 Å². The summed E-state index contributed by atoms with van der Waals surface area (Å²) in [6.07, 6.45) is 8.84. The van der Waals surface area contributed by atoms with Crippen LogP contribution in [0.25, 0.3) is 22.6 Å². The van der Waals surface area contributed by atoms with E-state index in [4.69, 9.17) is 21.3 Å². The van der Waals surface area contributed by atoms with Crippen LogP contribution >= 0.6 is 11.6 Å². The normalized spacial score (nSPS) is 23.5. The number of aryl methyl sites for hydroxylation is 1. The number of piperidine rings is 1. The number of aliphatic hydroxyl groups excluding tert-OH is 1. The van der Waals surface area contributed by atoms with Gasteiger partial charge in [-0.3, -0.25) is 0 Å². The fourth-order valence-corrected chi connectivity index (χ4v) is 6.91. The molecular formula is C33H39ClFN5O2. The number of hydrogen-bond donors (Lipinski definition) is 2. The Morgan fingerprint density at radius 3 is 2.67 bits per heavy atom. The number of rotatable bonds is 7. The van der Waals surface area contributed by atoms with Gasteiger partial charge in [-0.25, -0.2) is 4.39 Å². The first-order valence-electron chi connectivity index (χ1n) is 15.0. The molecule has 0 amide bonds. The van der Waals surface area contributed by atoms with Crippen LogP contribution in [0.2, 0.25) is 5.02 Å². The number of benzene rings is 2. The van der Waals surface area contributed by atoms with Gasteiger partial charge in [0.15, 0.2) is 5.82 Å². The maximum absolute atomic E-state index is 16.5. The van der Waals surface area contributed by atoms with Crippen LogP contribution in [-0.2, 0) is 0 Å². The predicted octanol–water partition coefficient (Wildman–Crippen LogP) is 6.54. The van der Waals surface area contributed by atoms with Crippen molar-refractivity contribution in [2.45, 2.75) is 64.1 Å². The van der Waals surface area contributed by atoms with Crippen LogP contribution in [0.15, 0.2) is 42.2 Å². The smallest absolute Gasteiger partial charge is 0.319 e. The van der Waals surface area contributed by atoms with Gasteiger partial charge in [0, 0.05) is 42.2 Å². The van der Waals surface area contributed by atoms with E-state index in [1.54, 1.807) is 19.1 Å². The number of hydrogen-bond acceptors (Lipinski definition) is 7. The number of likely N-dealkylation sites (tertiary alicyclic amines) is 1. The molecule has 2 unspecified atom stereocenters. The summed E-state index contributed by atoms with van der Waals surface area (Å²) in [6, 6.07) is 10.7. The van der Waals surface area contributed by atoms with Gasteiger partial charge in [0.1, 0.15) is 23.7 Å². The van der Waals surface area contributed by atoms with Crippen LogP contribution in [0.1, 0.15) is 55.7 Å². The highest BCUT2D eigenvalue weighted by Gasteiger charge is 2.34. The van der Waals surface area contributed by atoms with Crippen molar-refractivity contribution in [2.75, 3.05) is 38.2 Å². The maximum atomic E-state index is 16.5. The third-order valence-corrected chi connectivity index (χ3v) is 9.23. The number of piperazine rings is 1. The third-order valence-electron chi connectivity index (χ3n) is 8.94. The standard InChI is InChI=1S/C33H39ClFN5O2/c1-20-8-4-5-9-22(20)15-26(41)14-21(2)29-28(34)16-27-31(30(29)35)37-33(42-19-25-10-6-7-13-39(25)3)38-32(27)40-17-23-11-12-24(18-40)36-23/h4-5,8-9,14-16,23-25,36,41H,6-7,10-13,17-19H2,1-3H3/b21-14+,26-15+/t23?,24?,25-/m0/s1. The molecule has 4 heterocycles. The van der Waals surface area contributed by atoms with E-state index in [0.717, 1.165) is 50.0 Å². The van der Waals surface area contributed by atoms with Gasteiger partial charge in [0.25, 0.3) is 0 Å². The molecule has 3 aromatic rings. The lowest BCUT2D eigenvalue weighted by atomic mass is 10.0. The first kappa shape index (κ1) is 28.9. The molecule has 6 rings (SSSR count). The van der Waals surface area contributed by atoms with Gasteiger partial charge < -0.3 is 25.0 Å². The fourth-order valence-electron chi connectivity index (χ4n) is 6.57. The Labute approximate surface area is 252 Å². The number of halogens is 2. The molecule has 3 fully saturated rings. The summed E-state index contributed by atoms with van der Waals surface area (Å²) in [6.45, 7) is 6.77. The van der Waals surface area contributed by atoms with Crippen molar-refractivity contribution in [2.24, 2.45) is 0 Å². The molecule has 7 nitrogen and oxygen atoms in total. The summed E-state index contributed by atoms with van der Waals surface area (Å²) >= 11 is 6.77. The molecule has 0 aliphatic carbocycles. The zero-order valence-electron chi connectivity index (χ0n) is 24.5. The van der Waals surface area contributed by atoms with Crippen molar-refractivity contribution < 1.29 is 14.2 Å². The molecule has 0 spiro atoms. The van der Waals surface area contributed by atoms with E-state index in [1.807, 2.05) is 31.2 Å². The molecule has 42 heavy (non-hydrogen) atoms. The van der Waals surface area contributed by atoms with E-state index in [1.165, 1.54) is 18.9 Å². The van der Waals surface area contributed by atoms with E-state index in [2.05, 4.69) is 27.1 Å². The Morgan fingerprint density at radius 1 is 1.17 bits per heavy atom. The first-order chi connectivity index (χ1) is 20.3. The fraction of sp³-hybridized carbons (Fsp3) is 0.455. The highest BCUT2D eigenvalue weighted by Crippen LogP contribution is 2.38. The number of aliphatic hydroxyl groups is 1. The maximum Gasteiger partial charge on any atom is 0.319 e. The SMILES string of the molecule is C/C(=C\C(O)=C/c1ccccc1C)c1c(Cl)cc2c(N3CC4CCC(C3)N4)nc(OC[C@@H]3CCCCN3C)nc2c1F.